The summed E-state index contributed by atoms with van der Waals surface area (Å²) in [5, 5.41) is 4.30. The van der Waals surface area contributed by atoms with Crippen molar-refractivity contribution in [1.82, 2.24) is 5.32 Å². The van der Waals surface area contributed by atoms with Gasteiger partial charge in [0, 0.05) is 22.0 Å². The molecule has 1 aromatic carbocycles. The standard InChI is InChI=1S/C14H18Cl2N2OS.ClH/c15-9-1-6-12(16)13(7-9)20-8-14(19)18-11-4-2-10(17)3-5-11;/h1,6-7,10-11H,2-5,8,17H2,(H,18,19);1H. The molecule has 0 atom stereocenters. The van der Waals surface area contributed by atoms with E-state index in [9.17, 15) is 4.79 Å². The van der Waals surface area contributed by atoms with Crippen LogP contribution in [-0.2, 0) is 4.79 Å². The van der Waals surface area contributed by atoms with Crippen molar-refractivity contribution in [1.29, 1.82) is 0 Å². The van der Waals surface area contributed by atoms with Crippen molar-refractivity contribution in [3.63, 3.8) is 0 Å². The summed E-state index contributed by atoms with van der Waals surface area (Å²) in [6.07, 6.45) is 3.90. The average Bonchev–Trinajstić information content (AvgIpc) is 2.42. The number of carbonyl (C=O) groups excluding carboxylic acids is 1. The van der Waals surface area contributed by atoms with E-state index in [2.05, 4.69) is 5.32 Å². The molecule has 0 bridgehead atoms. The van der Waals surface area contributed by atoms with Crippen LogP contribution in [-0.4, -0.2) is 23.7 Å². The molecule has 3 N–H and O–H groups in total. The van der Waals surface area contributed by atoms with Crippen molar-refractivity contribution in [2.24, 2.45) is 5.73 Å². The summed E-state index contributed by atoms with van der Waals surface area (Å²) in [5.74, 6) is 0.384. The Hall–Kier alpha value is -0.130. The Kier molecular flexibility index (Phi) is 8.21. The second-order valence-electron chi connectivity index (χ2n) is 5.04. The molecule has 1 aromatic rings. The third kappa shape index (κ3) is 6.25. The lowest BCUT2D eigenvalue weighted by Gasteiger charge is -2.26. The van der Waals surface area contributed by atoms with Crippen LogP contribution in [0.4, 0.5) is 0 Å². The van der Waals surface area contributed by atoms with Gasteiger partial charge in [-0.15, -0.1) is 24.2 Å². The Balaban J connectivity index is 0.00000220. The Morgan fingerprint density at radius 3 is 2.62 bits per heavy atom. The second kappa shape index (κ2) is 9.11. The zero-order chi connectivity index (χ0) is 14.5. The number of halogens is 3. The van der Waals surface area contributed by atoms with Crippen molar-refractivity contribution < 1.29 is 4.79 Å². The van der Waals surface area contributed by atoms with Gasteiger partial charge in [0.15, 0.2) is 0 Å². The number of nitrogens with one attached hydrogen (secondary N) is 1. The molecule has 7 heteroatoms. The molecular formula is C14H19Cl3N2OS. The molecule has 0 unspecified atom stereocenters. The molecule has 21 heavy (non-hydrogen) atoms. The zero-order valence-corrected chi connectivity index (χ0v) is 14.6. The lowest BCUT2D eigenvalue weighted by Crippen LogP contribution is -2.41. The number of rotatable bonds is 4. The minimum Gasteiger partial charge on any atom is -0.353 e. The summed E-state index contributed by atoms with van der Waals surface area (Å²) in [7, 11) is 0. The first-order chi connectivity index (χ1) is 9.54. The number of thioether (sulfide) groups is 1. The summed E-state index contributed by atoms with van der Waals surface area (Å²) in [6, 6.07) is 5.81. The highest BCUT2D eigenvalue weighted by molar-refractivity contribution is 8.00. The minimum atomic E-state index is 0. The third-order valence-corrected chi connectivity index (χ3v) is 5.12. The van der Waals surface area contributed by atoms with E-state index in [1.54, 1.807) is 18.2 Å². The molecule has 1 saturated carbocycles. The number of benzene rings is 1. The fourth-order valence-electron chi connectivity index (χ4n) is 2.26. The SMILES string of the molecule is Cl.NC1CCC(NC(=O)CSc2cc(Cl)ccc2Cl)CC1. The first-order valence-corrected chi connectivity index (χ1v) is 8.41. The van der Waals surface area contributed by atoms with Crippen LogP contribution in [0.5, 0.6) is 0 Å². The van der Waals surface area contributed by atoms with Gasteiger partial charge in [-0.3, -0.25) is 4.79 Å². The molecule has 1 aliphatic rings. The smallest absolute Gasteiger partial charge is 0.230 e. The van der Waals surface area contributed by atoms with Crippen LogP contribution in [0.1, 0.15) is 25.7 Å². The number of hydrogen-bond acceptors (Lipinski definition) is 3. The van der Waals surface area contributed by atoms with E-state index < -0.39 is 0 Å². The van der Waals surface area contributed by atoms with Crippen molar-refractivity contribution in [2.45, 2.75) is 42.7 Å². The molecular weight excluding hydrogens is 351 g/mol. The number of carbonyl (C=O) groups is 1. The normalized spacial score (nSPS) is 21.5. The van der Waals surface area contributed by atoms with Crippen LogP contribution in [0.25, 0.3) is 0 Å². The lowest BCUT2D eigenvalue weighted by molar-refractivity contribution is -0.119. The molecule has 0 radical (unpaired) electrons. The highest BCUT2D eigenvalue weighted by Gasteiger charge is 2.20. The van der Waals surface area contributed by atoms with Gasteiger partial charge in [-0.1, -0.05) is 23.2 Å². The summed E-state index contributed by atoms with van der Waals surface area (Å²) in [6.45, 7) is 0. The Morgan fingerprint density at radius 1 is 1.29 bits per heavy atom. The summed E-state index contributed by atoms with van der Waals surface area (Å²) in [5.41, 5.74) is 5.85. The average molecular weight is 370 g/mol. The van der Waals surface area contributed by atoms with E-state index in [-0.39, 0.29) is 24.4 Å². The van der Waals surface area contributed by atoms with E-state index in [4.69, 9.17) is 28.9 Å². The van der Waals surface area contributed by atoms with E-state index in [1.807, 2.05) is 0 Å². The minimum absolute atomic E-state index is 0. The number of amides is 1. The van der Waals surface area contributed by atoms with E-state index in [1.165, 1.54) is 11.8 Å². The number of nitrogens with two attached hydrogens (primary N) is 1. The third-order valence-electron chi connectivity index (χ3n) is 3.39. The fraction of sp³-hybridized carbons (Fsp3) is 0.500. The van der Waals surface area contributed by atoms with Crippen LogP contribution < -0.4 is 11.1 Å². The molecule has 0 aliphatic heterocycles. The highest BCUT2D eigenvalue weighted by atomic mass is 35.5. The fourth-order valence-corrected chi connectivity index (χ4v) is 3.57. The van der Waals surface area contributed by atoms with E-state index in [0.29, 0.717) is 21.8 Å². The van der Waals surface area contributed by atoms with Gasteiger partial charge < -0.3 is 11.1 Å². The van der Waals surface area contributed by atoms with Crippen LogP contribution in [0.15, 0.2) is 23.1 Å². The second-order valence-corrected chi connectivity index (χ2v) is 6.90. The molecule has 118 valence electrons. The quantitative estimate of drug-likeness (QED) is 0.792. The van der Waals surface area contributed by atoms with Gasteiger partial charge in [-0.25, -0.2) is 0 Å². The molecule has 0 aromatic heterocycles. The molecule has 1 fully saturated rings. The van der Waals surface area contributed by atoms with Crippen molar-refractivity contribution in [3.05, 3.63) is 28.2 Å². The molecule has 1 amide bonds. The predicted molar refractivity (Wildman–Crippen MR) is 92.8 cm³/mol. The van der Waals surface area contributed by atoms with Crippen LogP contribution in [0.2, 0.25) is 10.0 Å². The monoisotopic (exact) mass is 368 g/mol. The van der Waals surface area contributed by atoms with Crippen LogP contribution >= 0.6 is 47.4 Å². The number of hydrogen-bond donors (Lipinski definition) is 2. The lowest BCUT2D eigenvalue weighted by atomic mass is 9.92. The van der Waals surface area contributed by atoms with Gasteiger partial charge in [-0.05, 0) is 43.9 Å². The first kappa shape index (κ1) is 18.9. The Labute approximate surface area is 145 Å². The van der Waals surface area contributed by atoms with E-state index in [0.717, 1.165) is 30.6 Å². The maximum Gasteiger partial charge on any atom is 0.230 e. The molecule has 1 aliphatic carbocycles. The van der Waals surface area contributed by atoms with Crippen molar-refractivity contribution in [3.8, 4) is 0 Å². The first-order valence-electron chi connectivity index (χ1n) is 6.67. The van der Waals surface area contributed by atoms with Crippen LogP contribution in [0, 0.1) is 0 Å². The van der Waals surface area contributed by atoms with Gasteiger partial charge >= 0.3 is 0 Å². The topological polar surface area (TPSA) is 55.1 Å². The summed E-state index contributed by atoms with van der Waals surface area (Å²) in [4.78, 5) is 12.8. The summed E-state index contributed by atoms with van der Waals surface area (Å²) >= 11 is 13.4. The Bertz CT molecular complexity index is 479. The maximum absolute atomic E-state index is 11.9. The molecule has 3 nitrogen and oxygen atoms in total. The van der Waals surface area contributed by atoms with Gasteiger partial charge in [-0.2, -0.15) is 0 Å². The molecule has 0 saturated heterocycles. The van der Waals surface area contributed by atoms with Gasteiger partial charge in [0.25, 0.3) is 0 Å². The zero-order valence-electron chi connectivity index (χ0n) is 11.5. The molecule has 0 spiro atoms. The molecule has 2 rings (SSSR count). The maximum atomic E-state index is 11.9. The summed E-state index contributed by atoms with van der Waals surface area (Å²) < 4.78 is 0. The molecule has 0 heterocycles. The van der Waals surface area contributed by atoms with Crippen molar-refractivity contribution in [2.75, 3.05) is 5.75 Å². The van der Waals surface area contributed by atoms with E-state index >= 15 is 0 Å². The van der Waals surface area contributed by atoms with Crippen LogP contribution in [0.3, 0.4) is 0 Å². The predicted octanol–water partition coefficient (Wildman–Crippen LogP) is 3.89. The van der Waals surface area contributed by atoms with Gasteiger partial charge in [0.2, 0.25) is 5.91 Å². The highest BCUT2D eigenvalue weighted by Crippen LogP contribution is 2.29. The van der Waals surface area contributed by atoms with Crippen molar-refractivity contribution >= 4 is 53.3 Å². The Morgan fingerprint density at radius 2 is 1.95 bits per heavy atom. The largest absolute Gasteiger partial charge is 0.353 e. The van der Waals surface area contributed by atoms with Gasteiger partial charge in [0.1, 0.15) is 0 Å². The van der Waals surface area contributed by atoms with Gasteiger partial charge in [0.05, 0.1) is 10.8 Å².